The van der Waals surface area contributed by atoms with Crippen LogP contribution in [0.3, 0.4) is 0 Å². The third kappa shape index (κ3) is 4.74. The molecular formula is C13H27ClN2O. The Hall–Kier alpha value is 0.170. The number of ether oxygens (including phenoxy) is 1. The van der Waals surface area contributed by atoms with E-state index in [9.17, 15) is 0 Å². The maximum atomic E-state index is 5.90. The summed E-state index contributed by atoms with van der Waals surface area (Å²) in [4.78, 5) is 2.43. The van der Waals surface area contributed by atoms with Crippen LogP contribution in [0.1, 0.15) is 33.1 Å². The van der Waals surface area contributed by atoms with Crippen LogP contribution in [0.15, 0.2) is 0 Å². The first-order valence-electron chi connectivity index (χ1n) is 6.59. The molecule has 0 amide bonds. The van der Waals surface area contributed by atoms with Crippen molar-refractivity contribution in [2.24, 2.45) is 11.3 Å². The normalized spacial score (nSPS) is 30.9. The quantitative estimate of drug-likeness (QED) is 0.825. The molecule has 0 spiro atoms. The Morgan fingerprint density at radius 1 is 1.29 bits per heavy atom. The van der Waals surface area contributed by atoms with E-state index in [1.807, 2.05) is 0 Å². The van der Waals surface area contributed by atoms with Crippen molar-refractivity contribution < 1.29 is 4.74 Å². The lowest BCUT2D eigenvalue weighted by molar-refractivity contribution is -0.0699. The van der Waals surface area contributed by atoms with Crippen molar-refractivity contribution in [2.75, 3.05) is 33.3 Å². The predicted octanol–water partition coefficient (Wildman–Crippen LogP) is 2.11. The Balaban J connectivity index is 0.00000144. The Kier molecular flexibility index (Phi) is 5.71. The van der Waals surface area contributed by atoms with Gasteiger partial charge in [-0.2, -0.15) is 0 Å². The van der Waals surface area contributed by atoms with Gasteiger partial charge >= 0.3 is 0 Å². The molecule has 1 N–H and O–H groups in total. The summed E-state index contributed by atoms with van der Waals surface area (Å²) in [5.41, 5.74) is 0.309. The third-order valence-corrected chi connectivity index (χ3v) is 3.87. The summed E-state index contributed by atoms with van der Waals surface area (Å²) in [6.45, 7) is 9.00. The van der Waals surface area contributed by atoms with Gasteiger partial charge in [0.05, 0.1) is 6.61 Å². The Bertz CT molecular complexity index is 217. The van der Waals surface area contributed by atoms with Crippen LogP contribution in [0.25, 0.3) is 0 Å². The standard InChI is InChI=1S/C13H26N2O.ClH/c1-13(2)9-14-12(16-10-13)8-11-4-6-15(3)7-5-11;/h11-12,14H,4-10H2,1-3H3;1H. The summed E-state index contributed by atoms with van der Waals surface area (Å²) in [5.74, 6) is 0.856. The van der Waals surface area contributed by atoms with Gasteiger partial charge in [-0.3, -0.25) is 5.32 Å². The summed E-state index contributed by atoms with van der Waals surface area (Å²) in [5, 5.41) is 3.53. The minimum absolute atomic E-state index is 0. The fourth-order valence-electron chi connectivity index (χ4n) is 2.58. The van der Waals surface area contributed by atoms with E-state index >= 15 is 0 Å². The summed E-state index contributed by atoms with van der Waals surface area (Å²) in [6, 6.07) is 0. The van der Waals surface area contributed by atoms with Crippen LogP contribution >= 0.6 is 12.4 Å². The molecule has 17 heavy (non-hydrogen) atoms. The molecule has 2 heterocycles. The highest BCUT2D eigenvalue weighted by Gasteiger charge is 2.29. The largest absolute Gasteiger partial charge is 0.363 e. The highest BCUT2D eigenvalue weighted by atomic mass is 35.5. The zero-order valence-corrected chi connectivity index (χ0v) is 12.2. The minimum atomic E-state index is 0. The molecule has 2 fully saturated rings. The summed E-state index contributed by atoms with van der Waals surface area (Å²) in [7, 11) is 2.22. The number of likely N-dealkylation sites (tertiary alicyclic amines) is 1. The molecule has 1 atom stereocenters. The van der Waals surface area contributed by atoms with Crippen molar-refractivity contribution >= 4 is 12.4 Å². The smallest absolute Gasteiger partial charge is 0.108 e. The highest BCUT2D eigenvalue weighted by Crippen LogP contribution is 2.25. The first-order chi connectivity index (χ1) is 7.55. The van der Waals surface area contributed by atoms with E-state index in [0.29, 0.717) is 11.6 Å². The van der Waals surface area contributed by atoms with Gasteiger partial charge in [0.25, 0.3) is 0 Å². The maximum Gasteiger partial charge on any atom is 0.108 e. The molecular weight excluding hydrogens is 236 g/mol. The van der Waals surface area contributed by atoms with Crippen molar-refractivity contribution in [1.82, 2.24) is 10.2 Å². The van der Waals surface area contributed by atoms with E-state index in [2.05, 4.69) is 31.1 Å². The number of rotatable bonds is 2. The van der Waals surface area contributed by atoms with Gasteiger partial charge < -0.3 is 9.64 Å². The van der Waals surface area contributed by atoms with Gasteiger partial charge in [0.1, 0.15) is 6.23 Å². The van der Waals surface area contributed by atoms with Crippen LogP contribution in [0.2, 0.25) is 0 Å². The van der Waals surface area contributed by atoms with E-state index in [4.69, 9.17) is 4.74 Å². The Morgan fingerprint density at radius 3 is 2.47 bits per heavy atom. The Morgan fingerprint density at radius 2 is 1.94 bits per heavy atom. The molecule has 3 nitrogen and oxygen atoms in total. The maximum absolute atomic E-state index is 5.90. The van der Waals surface area contributed by atoms with Gasteiger partial charge in [-0.1, -0.05) is 13.8 Å². The molecule has 0 aromatic rings. The average Bonchev–Trinajstić information content (AvgIpc) is 2.24. The molecule has 1 unspecified atom stereocenters. The summed E-state index contributed by atoms with van der Waals surface area (Å²) >= 11 is 0. The lowest BCUT2D eigenvalue weighted by Crippen LogP contribution is -2.48. The first kappa shape index (κ1) is 15.2. The highest BCUT2D eigenvalue weighted by molar-refractivity contribution is 5.85. The molecule has 0 radical (unpaired) electrons. The lowest BCUT2D eigenvalue weighted by atomic mass is 9.90. The molecule has 2 aliphatic rings. The molecule has 0 saturated carbocycles. The zero-order chi connectivity index (χ0) is 11.6. The van der Waals surface area contributed by atoms with E-state index in [1.165, 1.54) is 32.4 Å². The van der Waals surface area contributed by atoms with Crippen molar-refractivity contribution in [3.05, 3.63) is 0 Å². The molecule has 2 saturated heterocycles. The monoisotopic (exact) mass is 262 g/mol. The number of nitrogens with one attached hydrogen (secondary N) is 1. The molecule has 0 bridgehead atoms. The number of halogens is 1. The second kappa shape index (κ2) is 6.37. The fourth-order valence-corrected chi connectivity index (χ4v) is 2.58. The van der Waals surface area contributed by atoms with Gasteiger partial charge in [0.15, 0.2) is 0 Å². The SMILES string of the molecule is CN1CCC(CC2NCC(C)(C)CO2)CC1.Cl. The van der Waals surface area contributed by atoms with Gasteiger partial charge in [-0.25, -0.2) is 0 Å². The van der Waals surface area contributed by atoms with Crippen LogP contribution in [-0.2, 0) is 4.74 Å². The average molecular weight is 263 g/mol. The van der Waals surface area contributed by atoms with Crippen LogP contribution in [-0.4, -0.2) is 44.4 Å². The molecule has 2 aliphatic heterocycles. The van der Waals surface area contributed by atoms with Crippen molar-refractivity contribution in [3.63, 3.8) is 0 Å². The summed E-state index contributed by atoms with van der Waals surface area (Å²) in [6.07, 6.45) is 4.17. The van der Waals surface area contributed by atoms with Crippen LogP contribution in [0.5, 0.6) is 0 Å². The number of piperidine rings is 1. The van der Waals surface area contributed by atoms with Crippen LogP contribution < -0.4 is 5.32 Å². The molecule has 0 aliphatic carbocycles. The Labute approximate surface area is 112 Å². The number of nitrogens with zero attached hydrogens (tertiary/aromatic N) is 1. The van der Waals surface area contributed by atoms with Crippen molar-refractivity contribution in [3.8, 4) is 0 Å². The number of hydrogen-bond donors (Lipinski definition) is 1. The van der Waals surface area contributed by atoms with Gasteiger partial charge in [-0.15, -0.1) is 12.4 Å². The predicted molar refractivity (Wildman–Crippen MR) is 73.6 cm³/mol. The third-order valence-electron chi connectivity index (χ3n) is 3.87. The van der Waals surface area contributed by atoms with E-state index in [-0.39, 0.29) is 12.4 Å². The second-order valence-electron chi connectivity index (χ2n) is 6.33. The van der Waals surface area contributed by atoms with Crippen LogP contribution in [0.4, 0.5) is 0 Å². The van der Waals surface area contributed by atoms with Crippen molar-refractivity contribution in [1.29, 1.82) is 0 Å². The van der Waals surface area contributed by atoms with Crippen molar-refractivity contribution in [2.45, 2.75) is 39.3 Å². The number of hydrogen-bond acceptors (Lipinski definition) is 3. The molecule has 0 aromatic heterocycles. The van der Waals surface area contributed by atoms with Gasteiger partial charge in [-0.05, 0) is 45.3 Å². The summed E-state index contributed by atoms with van der Waals surface area (Å²) < 4.78 is 5.90. The van der Waals surface area contributed by atoms with Gasteiger partial charge in [0.2, 0.25) is 0 Å². The first-order valence-corrected chi connectivity index (χ1v) is 6.59. The molecule has 2 rings (SSSR count). The lowest BCUT2D eigenvalue weighted by Gasteiger charge is -2.38. The molecule has 102 valence electrons. The second-order valence-corrected chi connectivity index (χ2v) is 6.33. The minimum Gasteiger partial charge on any atom is -0.363 e. The fraction of sp³-hybridized carbons (Fsp3) is 1.00. The van der Waals surface area contributed by atoms with Crippen LogP contribution in [0, 0.1) is 11.3 Å². The molecule has 4 heteroatoms. The van der Waals surface area contributed by atoms with E-state index in [1.54, 1.807) is 0 Å². The van der Waals surface area contributed by atoms with E-state index in [0.717, 1.165) is 19.1 Å². The van der Waals surface area contributed by atoms with E-state index < -0.39 is 0 Å². The zero-order valence-electron chi connectivity index (χ0n) is 11.4. The van der Waals surface area contributed by atoms with Gasteiger partial charge in [0, 0.05) is 12.0 Å². The topological polar surface area (TPSA) is 24.5 Å². The molecule has 0 aromatic carbocycles.